The number of aromatic nitrogens is 1. The molecule has 1 aromatic heterocycles. The molecule has 5 atom stereocenters. The van der Waals surface area contributed by atoms with Gasteiger partial charge in [-0.05, 0) is 68.9 Å². The molecule has 6 rings (SSSR count). The Labute approximate surface area is 237 Å². The second kappa shape index (κ2) is 11.9. The lowest BCUT2D eigenvalue weighted by Crippen LogP contribution is -2.44. The molecule has 0 aromatic carbocycles. The van der Waals surface area contributed by atoms with Crippen LogP contribution in [0, 0.1) is 17.8 Å². The van der Waals surface area contributed by atoms with Crippen LogP contribution in [0.4, 0.5) is 0 Å². The van der Waals surface area contributed by atoms with Crippen molar-refractivity contribution in [1.29, 1.82) is 0 Å². The SMILES string of the molecule is CC1NC(CC(=O)N2CCC(CCCCNC(=O)C3C=c4cnccc4=N3)CC2)C2(S1)C1CCCCCCC12. The Bertz CT molecular complexity index is 1120. The number of fused-ring (bicyclic) bond motifs is 4. The Morgan fingerprint density at radius 1 is 1.10 bits per heavy atom. The summed E-state index contributed by atoms with van der Waals surface area (Å²) in [7, 11) is 0. The summed E-state index contributed by atoms with van der Waals surface area (Å²) in [6.45, 7) is 4.80. The molecule has 5 aliphatic rings. The van der Waals surface area contributed by atoms with E-state index >= 15 is 0 Å². The first-order valence-corrected chi connectivity index (χ1v) is 16.4. The highest BCUT2D eigenvalue weighted by Gasteiger charge is 2.70. The van der Waals surface area contributed by atoms with Crippen molar-refractivity contribution in [2.75, 3.05) is 19.6 Å². The van der Waals surface area contributed by atoms with E-state index in [-0.39, 0.29) is 5.91 Å². The number of hydrogen-bond donors (Lipinski definition) is 2. The molecule has 1 aromatic rings. The predicted octanol–water partition coefficient (Wildman–Crippen LogP) is 3.17. The number of piperidine rings is 1. The summed E-state index contributed by atoms with van der Waals surface area (Å²) in [5.74, 6) is 2.69. The minimum Gasteiger partial charge on any atom is -0.354 e. The molecule has 212 valence electrons. The molecular weight excluding hydrogens is 506 g/mol. The lowest BCUT2D eigenvalue weighted by molar-refractivity contribution is -0.133. The molecule has 2 saturated heterocycles. The van der Waals surface area contributed by atoms with Crippen molar-refractivity contribution in [3.8, 4) is 0 Å². The Balaban J connectivity index is 0.891. The van der Waals surface area contributed by atoms with Crippen molar-refractivity contribution in [2.24, 2.45) is 22.7 Å². The maximum Gasteiger partial charge on any atom is 0.248 e. The first-order chi connectivity index (χ1) is 19.0. The summed E-state index contributed by atoms with van der Waals surface area (Å²) in [4.78, 5) is 36.6. The summed E-state index contributed by atoms with van der Waals surface area (Å²) in [5.41, 5.74) is 0. The molecule has 0 bridgehead atoms. The molecule has 4 heterocycles. The van der Waals surface area contributed by atoms with Crippen LogP contribution < -0.4 is 21.2 Å². The molecule has 39 heavy (non-hydrogen) atoms. The molecule has 3 aliphatic heterocycles. The van der Waals surface area contributed by atoms with Gasteiger partial charge in [-0.3, -0.25) is 19.6 Å². The van der Waals surface area contributed by atoms with Gasteiger partial charge in [0.2, 0.25) is 11.8 Å². The average Bonchev–Trinajstić information content (AvgIpc) is 3.19. The topological polar surface area (TPSA) is 86.7 Å². The van der Waals surface area contributed by atoms with E-state index in [9.17, 15) is 9.59 Å². The minimum atomic E-state index is -0.430. The summed E-state index contributed by atoms with van der Waals surface area (Å²) in [5, 5.41) is 9.12. The van der Waals surface area contributed by atoms with Crippen molar-refractivity contribution < 1.29 is 9.59 Å². The number of pyridine rings is 1. The highest BCUT2D eigenvalue weighted by molar-refractivity contribution is 8.01. The Morgan fingerprint density at radius 2 is 1.87 bits per heavy atom. The van der Waals surface area contributed by atoms with Crippen LogP contribution in [0.1, 0.15) is 84.0 Å². The van der Waals surface area contributed by atoms with E-state index in [0.717, 1.165) is 61.2 Å². The Hall–Kier alpha value is -1.93. The van der Waals surface area contributed by atoms with E-state index in [0.29, 0.717) is 41.0 Å². The lowest BCUT2D eigenvalue weighted by atomic mass is 9.91. The van der Waals surface area contributed by atoms with Crippen LogP contribution in [0.25, 0.3) is 6.08 Å². The monoisotopic (exact) mass is 551 g/mol. The standard InChI is InChI=1S/C31H45N5O2S/c1-21-34-28(31(39-21)24-9-4-2-3-5-10-25(24)31)19-29(37)36-16-12-22(13-17-36)8-6-7-14-33-30(38)27-18-23-20-32-15-11-26(23)35-27/h11,15,18,20-22,24-25,27-28,34H,2-10,12-14,16-17,19H2,1H3,(H,33,38). The van der Waals surface area contributed by atoms with Gasteiger partial charge >= 0.3 is 0 Å². The molecule has 8 heteroatoms. The highest BCUT2D eigenvalue weighted by atomic mass is 32.2. The van der Waals surface area contributed by atoms with E-state index in [4.69, 9.17) is 0 Å². The normalized spacial score (nSPS) is 33.9. The molecule has 2 aliphatic carbocycles. The first kappa shape index (κ1) is 27.3. The van der Waals surface area contributed by atoms with Crippen molar-refractivity contribution in [3.63, 3.8) is 0 Å². The van der Waals surface area contributed by atoms with Crippen LogP contribution >= 0.6 is 11.8 Å². The van der Waals surface area contributed by atoms with Crippen molar-refractivity contribution in [2.45, 2.75) is 106 Å². The van der Waals surface area contributed by atoms with E-state index in [1.807, 2.05) is 12.1 Å². The second-order valence-electron chi connectivity index (χ2n) is 12.5. The quantitative estimate of drug-likeness (QED) is 0.485. The predicted molar refractivity (Wildman–Crippen MR) is 155 cm³/mol. The van der Waals surface area contributed by atoms with Gasteiger partial charge in [0, 0.05) is 54.5 Å². The van der Waals surface area contributed by atoms with Gasteiger partial charge in [-0.15, -0.1) is 11.8 Å². The van der Waals surface area contributed by atoms with Crippen LogP contribution in [-0.4, -0.2) is 63.5 Å². The number of carbonyl (C=O) groups excluding carboxylic acids is 2. The van der Waals surface area contributed by atoms with E-state index in [1.54, 1.807) is 12.4 Å². The van der Waals surface area contributed by atoms with Crippen molar-refractivity contribution in [3.05, 3.63) is 29.0 Å². The fourth-order valence-electron chi connectivity index (χ4n) is 8.00. The van der Waals surface area contributed by atoms with E-state index in [2.05, 4.69) is 44.2 Å². The summed E-state index contributed by atoms with van der Waals surface area (Å²) in [6, 6.07) is 1.77. The molecule has 2 saturated carbocycles. The summed E-state index contributed by atoms with van der Waals surface area (Å²) < 4.78 is 0.332. The van der Waals surface area contributed by atoms with E-state index in [1.165, 1.54) is 44.9 Å². The zero-order valence-corrected chi connectivity index (χ0v) is 24.3. The van der Waals surface area contributed by atoms with Crippen molar-refractivity contribution >= 4 is 29.7 Å². The van der Waals surface area contributed by atoms with Gasteiger partial charge in [0.1, 0.15) is 6.04 Å². The number of nitrogens with one attached hydrogen (secondary N) is 2. The summed E-state index contributed by atoms with van der Waals surface area (Å²) in [6.07, 6.45) is 19.8. The van der Waals surface area contributed by atoms with Gasteiger partial charge in [0.15, 0.2) is 0 Å². The zero-order valence-electron chi connectivity index (χ0n) is 23.4. The van der Waals surface area contributed by atoms with Gasteiger partial charge in [-0.1, -0.05) is 38.5 Å². The second-order valence-corrected chi connectivity index (χ2v) is 14.2. The number of hydrogen-bond acceptors (Lipinski definition) is 6. The van der Waals surface area contributed by atoms with Gasteiger partial charge < -0.3 is 15.5 Å². The number of unbranched alkanes of at least 4 members (excludes halogenated alkanes) is 1. The summed E-state index contributed by atoms with van der Waals surface area (Å²) >= 11 is 2.16. The van der Waals surface area contributed by atoms with Crippen LogP contribution in [0.2, 0.25) is 0 Å². The number of rotatable bonds is 8. The average molecular weight is 552 g/mol. The Morgan fingerprint density at radius 3 is 2.62 bits per heavy atom. The van der Waals surface area contributed by atoms with Gasteiger partial charge in [0.25, 0.3) is 0 Å². The van der Waals surface area contributed by atoms with E-state index < -0.39 is 6.04 Å². The number of nitrogens with zero attached hydrogens (tertiary/aromatic N) is 3. The fourth-order valence-corrected chi connectivity index (χ4v) is 10.0. The molecule has 2 amide bonds. The Kier molecular flexibility index (Phi) is 8.31. The number of amides is 2. The maximum atomic E-state index is 13.4. The molecule has 2 N–H and O–H groups in total. The lowest BCUT2D eigenvalue weighted by Gasteiger charge is -2.33. The first-order valence-electron chi connectivity index (χ1n) is 15.5. The molecular formula is C31H45N5O2S. The molecule has 0 radical (unpaired) electrons. The largest absolute Gasteiger partial charge is 0.354 e. The minimum absolute atomic E-state index is 0.0269. The van der Waals surface area contributed by atoms with Crippen LogP contribution in [-0.2, 0) is 9.59 Å². The zero-order chi connectivity index (χ0) is 26.8. The third-order valence-electron chi connectivity index (χ3n) is 10.1. The molecule has 5 unspecified atom stereocenters. The molecule has 4 fully saturated rings. The smallest absolute Gasteiger partial charge is 0.248 e. The number of thioether (sulfide) groups is 1. The van der Waals surface area contributed by atoms with Crippen LogP contribution in [0.5, 0.6) is 0 Å². The highest BCUT2D eigenvalue weighted by Crippen LogP contribution is 2.69. The van der Waals surface area contributed by atoms with Crippen molar-refractivity contribution in [1.82, 2.24) is 20.5 Å². The van der Waals surface area contributed by atoms with Crippen LogP contribution in [0.3, 0.4) is 0 Å². The fraction of sp³-hybridized carbons (Fsp3) is 0.742. The molecule has 1 spiro atoms. The van der Waals surface area contributed by atoms with Crippen LogP contribution in [0.15, 0.2) is 23.5 Å². The number of carbonyl (C=O) groups is 2. The van der Waals surface area contributed by atoms with Gasteiger partial charge in [-0.2, -0.15) is 0 Å². The molecule has 7 nitrogen and oxygen atoms in total. The number of likely N-dealkylation sites (tertiary alicyclic amines) is 1. The van der Waals surface area contributed by atoms with Gasteiger partial charge in [0.05, 0.1) is 10.7 Å². The third kappa shape index (κ3) is 5.79. The third-order valence-corrected chi connectivity index (χ3v) is 11.9. The maximum absolute atomic E-state index is 13.4. The van der Waals surface area contributed by atoms with Gasteiger partial charge in [-0.25, -0.2) is 0 Å².